The molecule has 0 spiro atoms. The fourth-order valence-corrected chi connectivity index (χ4v) is 2.32. The molecule has 4 heteroatoms. The third-order valence-corrected chi connectivity index (χ3v) is 3.42. The Morgan fingerprint density at radius 2 is 2.21 bits per heavy atom. The van der Waals surface area contributed by atoms with E-state index >= 15 is 0 Å². The zero-order valence-electron chi connectivity index (χ0n) is 11.5. The van der Waals surface area contributed by atoms with Gasteiger partial charge in [0.15, 0.2) is 0 Å². The molecule has 1 unspecified atom stereocenters. The molecule has 0 saturated heterocycles. The number of rotatable bonds is 5. The average molecular weight is 259 g/mol. The second-order valence-corrected chi connectivity index (χ2v) is 4.87. The third kappa shape index (κ3) is 2.89. The van der Waals surface area contributed by atoms with Crippen molar-refractivity contribution in [2.75, 3.05) is 5.73 Å². The molecule has 4 N–H and O–H groups in total. The highest BCUT2D eigenvalue weighted by atomic mass is 16.1. The topological polar surface area (TPSA) is 70.9 Å². The van der Waals surface area contributed by atoms with Gasteiger partial charge >= 0.3 is 0 Å². The Bertz CT molecular complexity index is 574. The van der Waals surface area contributed by atoms with Crippen LogP contribution in [0.4, 0.5) is 5.69 Å². The number of amides is 1. The minimum atomic E-state index is -0.0304. The van der Waals surface area contributed by atoms with Crippen LogP contribution in [-0.4, -0.2) is 16.9 Å². The summed E-state index contributed by atoms with van der Waals surface area (Å²) in [4.78, 5) is 15.4. The number of nitrogen functional groups attached to an aromatic ring is 1. The fraction of sp³-hybridized carbons (Fsp3) is 0.400. The minimum Gasteiger partial charge on any atom is -0.399 e. The number of hydrogen-bond donors (Lipinski definition) is 3. The molecule has 1 amide bonds. The van der Waals surface area contributed by atoms with Gasteiger partial charge in [0, 0.05) is 28.8 Å². The molecule has 0 fully saturated rings. The average Bonchev–Trinajstić information content (AvgIpc) is 2.81. The zero-order chi connectivity index (χ0) is 13.8. The predicted molar refractivity (Wildman–Crippen MR) is 79.2 cm³/mol. The molecule has 1 aromatic carbocycles. The van der Waals surface area contributed by atoms with Crippen LogP contribution in [0.5, 0.6) is 0 Å². The summed E-state index contributed by atoms with van der Waals surface area (Å²) in [5.41, 5.74) is 8.05. The lowest BCUT2D eigenvalue weighted by molar-refractivity contribution is 0.0935. The molecule has 0 aliphatic carbocycles. The molecule has 19 heavy (non-hydrogen) atoms. The van der Waals surface area contributed by atoms with Gasteiger partial charge in [0.1, 0.15) is 0 Å². The summed E-state index contributed by atoms with van der Waals surface area (Å²) >= 11 is 0. The highest BCUT2D eigenvalue weighted by molar-refractivity contribution is 6.07. The van der Waals surface area contributed by atoms with E-state index in [-0.39, 0.29) is 11.9 Å². The lowest BCUT2D eigenvalue weighted by Crippen LogP contribution is -2.34. The maximum absolute atomic E-state index is 12.3. The minimum absolute atomic E-state index is 0.0304. The van der Waals surface area contributed by atoms with Crippen molar-refractivity contribution in [3.63, 3.8) is 0 Å². The normalized spacial score (nSPS) is 12.5. The molecule has 4 nitrogen and oxygen atoms in total. The number of hydrogen-bond acceptors (Lipinski definition) is 2. The monoisotopic (exact) mass is 259 g/mol. The first kappa shape index (κ1) is 13.5. The Labute approximate surface area is 113 Å². The highest BCUT2D eigenvalue weighted by Crippen LogP contribution is 2.21. The van der Waals surface area contributed by atoms with Gasteiger partial charge in [-0.25, -0.2) is 0 Å². The molecule has 0 aliphatic rings. The van der Waals surface area contributed by atoms with E-state index in [9.17, 15) is 4.79 Å². The summed E-state index contributed by atoms with van der Waals surface area (Å²) in [5.74, 6) is -0.0304. The number of aromatic nitrogens is 1. The molecule has 1 heterocycles. The van der Waals surface area contributed by atoms with Crippen molar-refractivity contribution in [3.05, 3.63) is 30.0 Å². The number of aromatic amines is 1. The van der Waals surface area contributed by atoms with E-state index in [0.29, 0.717) is 11.3 Å². The number of fused-ring (bicyclic) bond motifs is 1. The van der Waals surface area contributed by atoms with Crippen LogP contribution in [-0.2, 0) is 0 Å². The first-order chi connectivity index (χ1) is 9.15. The Hall–Kier alpha value is -1.97. The SMILES string of the molecule is CCCC(CC)NC(=O)c1c[nH]c2ccc(N)cc12. The molecule has 1 aromatic heterocycles. The Morgan fingerprint density at radius 1 is 1.42 bits per heavy atom. The van der Waals surface area contributed by atoms with Gasteiger partial charge in [-0.05, 0) is 31.0 Å². The van der Waals surface area contributed by atoms with Crippen molar-refractivity contribution < 1.29 is 4.79 Å². The molecule has 0 bridgehead atoms. The number of H-pyrrole nitrogens is 1. The molecule has 102 valence electrons. The van der Waals surface area contributed by atoms with Crippen LogP contribution < -0.4 is 11.1 Å². The zero-order valence-corrected chi connectivity index (χ0v) is 11.5. The van der Waals surface area contributed by atoms with Gasteiger partial charge in [-0.3, -0.25) is 4.79 Å². The van der Waals surface area contributed by atoms with Crippen LogP contribution in [0.25, 0.3) is 10.9 Å². The number of benzene rings is 1. The van der Waals surface area contributed by atoms with Crippen molar-refractivity contribution >= 4 is 22.5 Å². The maximum Gasteiger partial charge on any atom is 0.253 e. The molecular formula is C15H21N3O. The third-order valence-electron chi connectivity index (χ3n) is 3.42. The van der Waals surface area contributed by atoms with Gasteiger partial charge in [-0.15, -0.1) is 0 Å². The first-order valence-corrected chi connectivity index (χ1v) is 6.83. The second-order valence-electron chi connectivity index (χ2n) is 4.87. The lowest BCUT2D eigenvalue weighted by Gasteiger charge is -2.15. The van der Waals surface area contributed by atoms with Crippen molar-refractivity contribution in [1.29, 1.82) is 0 Å². The Balaban J connectivity index is 2.23. The predicted octanol–water partition coefficient (Wildman–Crippen LogP) is 3.06. The maximum atomic E-state index is 12.3. The van der Waals surface area contributed by atoms with E-state index in [1.165, 1.54) is 0 Å². The molecular weight excluding hydrogens is 238 g/mol. The quantitative estimate of drug-likeness (QED) is 0.722. The van der Waals surface area contributed by atoms with Crippen molar-refractivity contribution in [2.24, 2.45) is 0 Å². The van der Waals surface area contributed by atoms with E-state index < -0.39 is 0 Å². The van der Waals surface area contributed by atoms with E-state index in [4.69, 9.17) is 5.73 Å². The van der Waals surface area contributed by atoms with Crippen molar-refractivity contribution in [1.82, 2.24) is 10.3 Å². The molecule has 0 saturated carbocycles. The van der Waals surface area contributed by atoms with Gasteiger partial charge in [-0.2, -0.15) is 0 Å². The van der Waals surface area contributed by atoms with E-state index in [2.05, 4.69) is 24.1 Å². The molecule has 0 radical (unpaired) electrons. The van der Waals surface area contributed by atoms with E-state index in [0.717, 1.165) is 30.2 Å². The van der Waals surface area contributed by atoms with Crippen LogP contribution in [0.2, 0.25) is 0 Å². The van der Waals surface area contributed by atoms with Gasteiger partial charge in [0.25, 0.3) is 5.91 Å². The van der Waals surface area contributed by atoms with Crippen molar-refractivity contribution in [3.8, 4) is 0 Å². The first-order valence-electron chi connectivity index (χ1n) is 6.83. The van der Waals surface area contributed by atoms with Gasteiger partial charge in [0.05, 0.1) is 5.56 Å². The summed E-state index contributed by atoms with van der Waals surface area (Å²) in [6.45, 7) is 4.22. The van der Waals surface area contributed by atoms with E-state index in [1.807, 2.05) is 18.2 Å². The summed E-state index contributed by atoms with van der Waals surface area (Å²) in [6.07, 6.45) is 4.77. The molecule has 2 rings (SSSR count). The summed E-state index contributed by atoms with van der Waals surface area (Å²) in [7, 11) is 0. The van der Waals surface area contributed by atoms with Crippen LogP contribution >= 0.6 is 0 Å². The number of nitrogens with two attached hydrogens (primary N) is 1. The number of anilines is 1. The molecule has 2 aromatic rings. The molecule has 1 atom stereocenters. The van der Waals surface area contributed by atoms with Gasteiger partial charge in [0.2, 0.25) is 0 Å². The van der Waals surface area contributed by atoms with Crippen molar-refractivity contribution in [2.45, 2.75) is 39.2 Å². The summed E-state index contributed by atoms with van der Waals surface area (Å²) in [6, 6.07) is 5.79. The fourth-order valence-electron chi connectivity index (χ4n) is 2.32. The largest absolute Gasteiger partial charge is 0.399 e. The van der Waals surface area contributed by atoms with Crippen LogP contribution in [0.15, 0.2) is 24.4 Å². The second kappa shape index (κ2) is 5.78. The van der Waals surface area contributed by atoms with Crippen LogP contribution in [0.3, 0.4) is 0 Å². The van der Waals surface area contributed by atoms with E-state index in [1.54, 1.807) is 6.20 Å². The molecule has 0 aliphatic heterocycles. The smallest absolute Gasteiger partial charge is 0.253 e. The summed E-state index contributed by atoms with van der Waals surface area (Å²) < 4.78 is 0. The lowest BCUT2D eigenvalue weighted by atomic mass is 10.1. The highest BCUT2D eigenvalue weighted by Gasteiger charge is 2.15. The van der Waals surface area contributed by atoms with Gasteiger partial charge < -0.3 is 16.0 Å². The standard InChI is InChI=1S/C15H21N3O/c1-3-5-11(4-2)18-15(19)13-9-17-14-7-6-10(16)8-12(13)14/h6-9,11,17H,3-5,16H2,1-2H3,(H,18,19). The number of carbonyl (C=O) groups excluding carboxylic acids is 1. The van der Waals surface area contributed by atoms with Crippen LogP contribution in [0.1, 0.15) is 43.5 Å². The number of nitrogens with one attached hydrogen (secondary N) is 2. The summed E-state index contributed by atoms with van der Waals surface area (Å²) in [5, 5.41) is 3.96. The Morgan fingerprint density at radius 3 is 2.89 bits per heavy atom. The van der Waals surface area contributed by atoms with Crippen LogP contribution in [0, 0.1) is 0 Å². The Kier molecular flexibility index (Phi) is 4.10. The number of carbonyl (C=O) groups is 1. The van der Waals surface area contributed by atoms with Gasteiger partial charge in [-0.1, -0.05) is 20.3 Å².